The van der Waals surface area contributed by atoms with Gasteiger partial charge in [0.1, 0.15) is 12.0 Å². The Hall–Kier alpha value is -1.98. The van der Waals surface area contributed by atoms with E-state index >= 15 is 0 Å². The van der Waals surface area contributed by atoms with Gasteiger partial charge >= 0.3 is 12.3 Å². The molecule has 0 aliphatic carbocycles. The normalized spacial score (nSPS) is 11.5. The molecule has 90 valence electrons. The highest BCUT2D eigenvalue weighted by molar-refractivity contribution is 5.30. The average Bonchev–Trinajstić information content (AvgIpc) is 2.63. The molecule has 17 heavy (non-hydrogen) atoms. The van der Waals surface area contributed by atoms with Gasteiger partial charge < -0.3 is 9.15 Å². The molecule has 3 nitrogen and oxygen atoms in total. The number of benzene rings is 1. The summed E-state index contributed by atoms with van der Waals surface area (Å²) in [6, 6.07) is 4.29. The van der Waals surface area contributed by atoms with Crippen LogP contribution in [0.4, 0.5) is 13.2 Å². The molecule has 0 aliphatic heterocycles. The van der Waals surface area contributed by atoms with Crippen LogP contribution in [0, 0.1) is 6.92 Å². The van der Waals surface area contributed by atoms with Crippen LogP contribution < -0.4 is 4.74 Å². The first kappa shape index (κ1) is 11.5. The SMILES string of the molecule is Cc1coc(Oc2ccc(C(F)(F)F)cc2)n1. The van der Waals surface area contributed by atoms with Crippen molar-refractivity contribution in [3.63, 3.8) is 0 Å². The summed E-state index contributed by atoms with van der Waals surface area (Å²) < 4.78 is 46.9. The number of aromatic nitrogens is 1. The Morgan fingerprint density at radius 3 is 2.29 bits per heavy atom. The molecule has 2 aromatic rings. The zero-order chi connectivity index (χ0) is 12.5. The summed E-state index contributed by atoms with van der Waals surface area (Å²) in [5.74, 6) is 0.236. The summed E-state index contributed by atoms with van der Waals surface area (Å²) in [6.45, 7) is 1.71. The Bertz CT molecular complexity index is 502. The van der Waals surface area contributed by atoms with Gasteiger partial charge in [0, 0.05) is 0 Å². The van der Waals surface area contributed by atoms with Crippen LogP contribution in [0.15, 0.2) is 34.9 Å². The standard InChI is InChI=1S/C11H8F3NO2/c1-7-6-16-10(15-7)17-9-4-2-8(3-5-9)11(12,13)14/h2-6H,1H3. The number of hydrogen-bond acceptors (Lipinski definition) is 3. The Kier molecular flexibility index (Phi) is 2.79. The van der Waals surface area contributed by atoms with Crippen molar-refractivity contribution >= 4 is 0 Å². The van der Waals surface area contributed by atoms with Gasteiger partial charge in [-0.1, -0.05) is 0 Å². The first-order valence-corrected chi connectivity index (χ1v) is 4.72. The zero-order valence-corrected chi connectivity index (χ0v) is 8.78. The molecule has 0 amide bonds. The molecule has 1 aromatic heterocycles. The summed E-state index contributed by atoms with van der Waals surface area (Å²) in [6.07, 6.45) is -2.96. The Morgan fingerprint density at radius 2 is 1.82 bits per heavy atom. The number of oxazole rings is 1. The fourth-order valence-electron chi connectivity index (χ4n) is 1.19. The van der Waals surface area contributed by atoms with Gasteiger partial charge in [0.2, 0.25) is 0 Å². The average molecular weight is 243 g/mol. The van der Waals surface area contributed by atoms with Gasteiger partial charge in [0.25, 0.3) is 0 Å². The highest BCUT2D eigenvalue weighted by atomic mass is 19.4. The summed E-state index contributed by atoms with van der Waals surface area (Å²) in [7, 11) is 0. The van der Waals surface area contributed by atoms with Crippen LogP contribution in [0.1, 0.15) is 11.3 Å². The van der Waals surface area contributed by atoms with E-state index in [9.17, 15) is 13.2 Å². The zero-order valence-electron chi connectivity index (χ0n) is 8.78. The van der Waals surface area contributed by atoms with Crippen molar-refractivity contribution in [2.24, 2.45) is 0 Å². The molecule has 0 atom stereocenters. The molecule has 0 saturated heterocycles. The maximum atomic E-state index is 12.3. The summed E-state index contributed by atoms with van der Waals surface area (Å²) in [5.41, 5.74) is -0.0969. The topological polar surface area (TPSA) is 35.3 Å². The number of alkyl halides is 3. The molecule has 0 radical (unpaired) electrons. The van der Waals surface area contributed by atoms with E-state index in [1.807, 2.05) is 0 Å². The summed E-state index contributed by atoms with van der Waals surface area (Å²) in [4.78, 5) is 3.87. The van der Waals surface area contributed by atoms with E-state index in [4.69, 9.17) is 9.15 Å². The second-order valence-corrected chi connectivity index (χ2v) is 3.38. The smallest absolute Gasteiger partial charge is 0.416 e. The monoisotopic (exact) mass is 243 g/mol. The van der Waals surface area contributed by atoms with Crippen LogP contribution in [0.2, 0.25) is 0 Å². The van der Waals surface area contributed by atoms with Gasteiger partial charge in [-0.3, -0.25) is 0 Å². The third-order valence-corrected chi connectivity index (χ3v) is 1.98. The van der Waals surface area contributed by atoms with Gasteiger partial charge in [-0.25, -0.2) is 0 Å². The molecule has 0 aliphatic rings. The molecule has 0 unspecified atom stereocenters. The van der Waals surface area contributed by atoms with Crippen LogP contribution in [0.25, 0.3) is 0 Å². The molecule has 0 spiro atoms. The number of ether oxygens (including phenoxy) is 1. The van der Waals surface area contributed by atoms with Gasteiger partial charge in [0.05, 0.1) is 11.3 Å². The lowest BCUT2D eigenvalue weighted by atomic mass is 10.2. The van der Waals surface area contributed by atoms with Crippen molar-refractivity contribution in [2.45, 2.75) is 13.1 Å². The fraction of sp³-hybridized carbons (Fsp3) is 0.182. The lowest BCUT2D eigenvalue weighted by Gasteiger charge is -2.06. The second kappa shape index (κ2) is 4.12. The van der Waals surface area contributed by atoms with E-state index < -0.39 is 11.7 Å². The lowest BCUT2D eigenvalue weighted by Crippen LogP contribution is -2.03. The van der Waals surface area contributed by atoms with E-state index in [0.29, 0.717) is 5.69 Å². The molecule has 0 bridgehead atoms. The number of hydrogen-bond donors (Lipinski definition) is 0. The van der Waals surface area contributed by atoms with Crippen molar-refractivity contribution in [3.05, 3.63) is 41.8 Å². The van der Waals surface area contributed by atoms with Crippen molar-refractivity contribution < 1.29 is 22.3 Å². The predicted octanol–water partition coefficient (Wildman–Crippen LogP) is 3.79. The summed E-state index contributed by atoms with van der Waals surface area (Å²) in [5, 5.41) is 0. The van der Waals surface area contributed by atoms with Crippen LogP contribution in [-0.2, 0) is 6.18 Å². The molecule has 0 saturated carbocycles. The minimum absolute atomic E-state index is 0.00209. The van der Waals surface area contributed by atoms with E-state index in [-0.39, 0.29) is 11.8 Å². The number of rotatable bonds is 2. The molecule has 0 N–H and O–H groups in total. The van der Waals surface area contributed by atoms with E-state index in [1.165, 1.54) is 18.4 Å². The molecule has 2 rings (SSSR count). The highest BCUT2D eigenvalue weighted by Crippen LogP contribution is 2.31. The Balaban J connectivity index is 2.13. The third kappa shape index (κ3) is 2.77. The van der Waals surface area contributed by atoms with Gasteiger partial charge in [-0.05, 0) is 31.2 Å². The fourth-order valence-corrected chi connectivity index (χ4v) is 1.19. The molecule has 1 heterocycles. The lowest BCUT2D eigenvalue weighted by molar-refractivity contribution is -0.137. The van der Waals surface area contributed by atoms with Crippen LogP contribution >= 0.6 is 0 Å². The van der Waals surface area contributed by atoms with Crippen LogP contribution in [0.5, 0.6) is 11.8 Å². The quantitative estimate of drug-likeness (QED) is 0.804. The minimum Gasteiger partial charge on any atom is -0.417 e. The van der Waals surface area contributed by atoms with Crippen LogP contribution in [0.3, 0.4) is 0 Å². The van der Waals surface area contributed by atoms with E-state index in [0.717, 1.165) is 12.1 Å². The van der Waals surface area contributed by atoms with E-state index in [1.54, 1.807) is 6.92 Å². The van der Waals surface area contributed by atoms with Gasteiger partial charge in [0.15, 0.2) is 0 Å². The maximum absolute atomic E-state index is 12.3. The van der Waals surface area contributed by atoms with E-state index in [2.05, 4.69) is 4.98 Å². The maximum Gasteiger partial charge on any atom is 0.416 e. The third-order valence-electron chi connectivity index (χ3n) is 1.98. The highest BCUT2D eigenvalue weighted by Gasteiger charge is 2.30. The molecule has 6 heteroatoms. The molecular formula is C11H8F3NO2. The predicted molar refractivity (Wildman–Crippen MR) is 52.8 cm³/mol. The van der Waals surface area contributed by atoms with Crippen molar-refractivity contribution in [3.8, 4) is 11.8 Å². The van der Waals surface area contributed by atoms with Crippen molar-refractivity contribution in [1.82, 2.24) is 4.98 Å². The molecule has 0 fully saturated rings. The Morgan fingerprint density at radius 1 is 1.18 bits per heavy atom. The van der Waals surface area contributed by atoms with Crippen molar-refractivity contribution in [1.29, 1.82) is 0 Å². The van der Waals surface area contributed by atoms with Crippen LogP contribution in [-0.4, -0.2) is 4.98 Å². The number of nitrogens with zero attached hydrogens (tertiary/aromatic N) is 1. The first-order chi connectivity index (χ1) is 7.95. The first-order valence-electron chi connectivity index (χ1n) is 4.72. The minimum atomic E-state index is -4.35. The summed E-state index contributed by atoms with van der Waals surface area (Å²) >= 11 is 0. The van der Waals surface area contributed by atoms with Crippen molar-refractivity contribution in [2.75, 3.05) is 0 Å². The molecular weight excluding hydrogens is 235 g/mol. The Labute approximate surface area is 94.8 Å². The van der Waals surface area contributed by atoms with Gasteiger partial charge in [-0.15, -0.1) is 0 Å². The number of aryl methyl sites for hydroxylation is 1. The largest absolute Gasteiger partial charge is 0.417 e. The van der Waals surface area contributed by atoms with Gasteiger partial charge in [-0.2, -0.15) is 18.2 Å². The second-order valence-electron chi connectivity index (χ2n) is 3.38. The molecule has 1 aromatic carbocycles. The number of halogens is 3.